The zero-order valence-corrected chi connectivity index (χ0v) is 14.1. The summed E-state index contributed by atoms with van der Waals surface area (Å²) >= 11 is 0. The van der Waals surface area contributed by atoms with E-state index in [4.69, 9.17) is 9.15 Å². The molecule has 1 N–H and O–H groups in total. The lowest BCUT2D eigenvalue weighted by molar-refractivity contribution is -0.178. The van der Waals surface area contributed by atoms with Crippen LogP contribution in [0, 0.1) is 23.2 Å². The number of hydrogen-bond acceptors (Lipinski definition) is 4. The highest BCUT2D eigenvalue weighted by molar-refractivity contribution is 5.85. The number of ether oxygens (including phenoxy) is 1. The number of esters is 1. The van der Waals surface area contributed by atoms with Gasteiger partial charge in [0.1, 0.15) is 5.76 Å². The van der Waals surface area contributed by atoms with Crippen LogP contribution < -0.4 is 5.32 Å². The van der Waals surface area contributed by atoms with E-state index in [-0.39, 0.29) is 17.3 Å². The normalized spacial score (nSPS) is 34.8. The number of carbonyl (C=O) groups excluding carboxylic acids is 2. The molecule has 0 saturated heterocycles. The van der Waals surface area contributed by atoms with Gasteiger partial charge >= 0.3 is 5.97 Å². The van der Waals surface area contributed by atoms with E-state index in [0.717, 1.165) is 19.3 Å². The molecule has 1 atom stereocenters. The molecule has 5 heteroatoms. The van der Waals surface area contributed by atoms with E-state index in [1.54, 1.807) is 25.3 Å². The summed E-state index contributed by atoms with van der Waals surface area (Å²) in [6.07, 6.45) is 7.53. The molecule has 0 aliphatic heterocycles. The van der Waals surface area contributed by atoms with Crippen LogP contribution in [-0.4, -0.2) is 18.0 Å². The smallest absolute Gasteiger partial charge is 0.312 e. The Morgan fingerprint density at radius 1 is 1.25 bits per heavy atom. The molecule has 4 aliphatic carbocycles. The van der Waals surface area contributed by atoms with E-state index >= 15 is 0 Å². The van der Waals surface area contributed by atoms with Crippen LogP contribution >= 0.6 is 0 Å². The minimum atomic E-state index is -0.763. The van der Waals surface area contributed by atoms with Gasteiger partial charge in [0.2, 0.25) is 0 Å². The summed E-state index contributed by atoms with van der Waals surface area (Å²) in [5.74, 6) is 2.32. The second-order valence-electron chi connectivity index (χ2n) is 8.04. The Morgan fingerprint density at radius 2 is 1.88 bits per heavy atom. The van der Waals surface area contributed by atoms with Crippen molar-refractivity contribution in [3.05, 3.63) is 24.2 Å². The first-order valence-corrected chi connectivity index (χ1v) is 9.05. The topological polar surface area (TPSA) is 68.5 Å². The lowest BCUT2D eigenvalue weighted by atomic mass is 9.49. The minimum Gasteiger partial charge on any atom is -0.467 e. The van der Waals surface area contributed by atoms with Gasteiger partial charge in [-0.05, 0) is 75.3 Å². The van der Waals surface area contributed by atoms with E-state index < -0.39 is 6.10 Å². The number of amides is 1. The molecule has 5 rings (SSSR count). The number of hydrogen-bond donors (Lipinski definition) is 1. The van der Waals surface area contributed by atoms with Crippen LogP contribution in [0.15, 0.2) is 22.8 Å². The van der Waals surface area contributed by atoms with E-state index in [9.17, 15) is 9.59 Å². The maximum Gasteiger partial charge on any atom is 0.312 e. The summed E-state index contributed by atoms with van der Waals surface area (Å²) < 4.78 is 10.8. The Labute approximate surface area is 142 Å². The predicted octanol–water partition coefficient (Wildman–Crippen LogP) is 3.04. The Kier molecular flexibility index (Phi) is 3.89. The molecule has 4 saturated carbocycles. The van der Waals surface area contributed by atoms with Gasteiger partial charge in [-0.3, -0.25) is 9.59 Å². The van der Waals surface area contributed by atoms with E-state index in [1.807, 2.05) is 0 Å². The van der Waals surface area contributed by atoms with Crippen molar-refractivity contribution in [1.82, 2.24) is 5.32 Å². The fraction of sp³-hybridized carbons (Fsp3) is 0.684. The van der Waals surface area contributed by atoms with E-state index in [0.29, 0.717) is 30.1 Å². The molecule has 24 heavy (non-hydrogen) atoms. The Hall–Kier alpha value is -1.78. The van der Waals surface area contributed by atoms with Crippen LogP contribution in [0.1, 0.15) is 51.2 Å². The Morgan fingerprint density at radius 3 is 2.42 bits per heavy atom. The predicted molar refractivity (Wildman–Crippen MR) is 86.7 cm³/mol. The number of carbonyl (C=O) groups is 2. The molecule has 1 heterocycles. The van der Waals surface area contributed by atoms with E-state index in [2.05, 4.69) is 5.32 Å². The molecule has 1 aromatic heterocycles. The summed E-state index contributed by atoms with van der Waals surface area (Å²) in [5.41, 5.74) is -0.315. The second-order valence-corrected chi connectivity index (χ2v) is 8.04. The number of nitrogens with one attached hydrogen (secondary N) is 1. The molecule has 1 aromatic rings. The van der Waals surface area contributed by atoms with Crippen LogP contribution in [0.25, 0.3) is 0 Å². The maximum absolute atomic E-state index is 12.8. The monoisotopic (exact) mass is 331 g/mol. The third-order valence-electron chi connectivity index (χ3n) is 6.14. The van der Waals surface area contributed by atoms with E-state index in [1.165, 1.54) is 19.3 Å². The minimum absolute atomic E-state index is 0.151. The highest BCUT2D eigenvalue weighted by Crippen LogP contribution is 2.60. The van der Waals surface area contributed by atoms with Gasteiger partial charge in [-0.2, -0.15) is 0 Å². The van der Waals surface area contributed by atoms with Crippen molar-refractivity contribution < 1.29 is 18.7 Å². The molecular formula is C19H25NO4. The second kappa shape index (κ2) is 5.94. The largest absolute Gasteiger partial charge is 0.467 e. The van der Waals surface area contributed by atoms with Crippen molar-refractivity contribution in [2.45, 2.75) is 58.1 Å². The lowest BCUT2D eigenvalue weighted by Crippen LogP contribution is -2.51. The van der Waals surface area contributed by atoms with Crippen molar-refractivity contribution in [1.29, 1.82) is 0 Å². The summed E-state index contributed by atoms with van der Waals surface area (Å²) in [7, 11) is 0. The third-order valence-corrected chi connectivity index (χ3v) is 6.14. The molecule has 4 bridgehead atoms. The molecule has 0 radical (unpaired) electrons. The van der Waals surface area contributed by atoms with Crippen LogP contribution in [0.2, 0.25) is 0 Å². The fourth-order valence-corrected chi connectivity index (χ4v) is 5.43. The van der Waals surface area contributed by atoms with Crippen LogP contribution in [0.4, 0.5) is 0 Å². The van der Waals surface area contributed by atoms with Crippen molar-refractivity contribution >= 4 is 11.9 Å². The quantitative estimate of drug-likeness (QED) is 0.842. The fourth-order valence-electron chi connectivity index (χ4n) is 5.43. The standard InChI is InChI=1S/C19H25NO4/c1-12(17(21)20-11-16-3-2-4-23-16)24-18(22)19-8-13-5-14(9-19)7-15(6-13)10-19/h2-4,12-15H,5-11H2,1H3,(H,20,21)/t12-,13?,14?,15?,19?/m1/s1. The molecule has 1 amide bonds. The van der Waals surface area contributed by atoms with Gasteiger partial charge in [0.15, 0.2) is 6.10 Å². The van der Waals surface area contributed by atoms with Crippen molar-refractivity contribution in [3.63, 3.8) is 0 Å². The molecule has 0 spiro atoms. The lowest BCUT2D eigenvalue weighted by Gasteiger charge is -2.55. The SMILES string of the molecule is C[C@@H](OC(=O)C12CC3CC(CC(C3)C1)C2)C(=O)NCc1ccco1. The molecule has 0 aromatic carbocycles. The van der Waals surface area contributed by atoms with Gasteiger partial charge in [0, 0.05) is 0 Å². The molecule has 4 aliphatic rings. The zero-order valence-electron chi connectivity index (χ0n) is 14.1. The molecular weight excluding hydrogens is 306 g/mol. The summed E-state index contributed by atoms with van der Waals surface area (Å²) in [5, 5.41) is 2.75. The molecule has 130 valence electrons. The van der Waals surface area contributed by atoms with Crippen molar-refractivity contribution in [2.75, 3.05) is 0 Å². The van der Waals surface area contributed by atoms with Gasteiger partial charge in [-0.15, -0.1) is 0 Å². The van der Waals surface area contributed by atoms with Gasteiger partial charge in [-0.25, -0.2) is 0 Å². The molecule has 5 nitrogen and oxygen atoms in total. The van der Waals surface area contributed by atoms with Gasteiger partial charge < -0.3 is 14.5 Å². The first-order chi connectivity index (χ1) is 11.5. The van der Waals surface area contributed by atoms with Crippen LogP contribution in [0.3, 0.4) is 0 Å². The number of furan rings is 1. The van der Waals surface area contributed by atoms with Crippen molar-refractivity contribution in [2.24, 2.45) is 23.2 Å². The third kappa shape index (κ3) is 2.85. The van der Waals surface area contributed by atoms with Gasteiger partial charge in [0.05, 0.1) is 18.2 Å². The average molecular weight is 331 g/mol. The average Bonchev–Trinajstić information content (AvgIpc) is 3.04. The number of rotatable bonds is 5. The maximum atomic E-state index is 12.8. The first-order valence-electron chi connectivity index (χ1n) is 9.05. The van der Waals surface area contributed by atoms with Crippen LogP contribution in [0.5, 0.6) is 0 Å². The van der Waals surface area contributed by atoms with Crippen molar-refractivity contribution in [3.8, 4) is 0 Å². The highest BCUT2D eigenvalue weighted by Gasteiger charge is 2.55. The van der Waals surface area contributed by atoms with Gasteiger partial charge in [-0.1, -0.05) is 0 Å². The highest BCUT2D eigenvalue weighted by atomic mass is 16.5. The molecule has 0 unspecified atom stereocenters. The van der Waals surface area contributed by atoms with Gasteiger partial charge in [0.25, 0.3) is 5.91 Å². The van der Waals surface area contributed by atoms with Crippen LogP contribution in [-0.2, 0) is 20.9 Å². The molecule has 4 fully saturated rings. The first kappa shape index (κ1) is 15.7. The zero-order chi connectivity index (χ0) is 16.7. The Bertz CT molecular complexity index is 586. The Balaban J connectivity index is 1.34. The summed E-state index contributed by atoms with van der Waals surface area (Å²) in [6.45, 7) is 1.96. The summed E-state index contributed by atoms with van der Waals surface area (Å²) in [6, 6.07) is 3.57. The summed E-state index contributed by atoms with van der Waals surface area (Å²) in [4.78, 5) is 25.0.